The highest BCUT2D eigenvalue weighted by atomic mass is 32.2. The number of nitrogens with one attached hydrogen (secondary N) is 1. The van der Waals surface area contributed by atoms with Crippen LogP contribution in [-0.2, 0) is 10.8 Å². The number of rotatable bonds is 21. The van der Waals surface area contributed by atoms with E-state index in [1.807, 2.05) is 42.5 Å². The van der Waals surface area contributed by atoms with Crippen LogP contribution in [0.1, 0.15) is 81.4 Å². The largest absolute Gasteiger partial charge is 0.508 e. The molecule has 4 nitrogen and oxygen atoms in total. The first kappa shape index (κ1) is 38.2. The molecule has 258 valence electrons. The number of aromatic hydroxyl groups is 1. The van der Waals surface area contributed by atoms with E-state index < -0.39 is 35.7 Å². The normalized spacial score (nSPS) is 13.3. The van der Waals surface area contributed by atoms with Gasteiger partial charge in [-0.2, -0.15) is 22.0 Å². The van der Waals surface area contributed by atoms with E-state index in [0.717, 1.165) is 79.6 Å². The van der Waals surface area contributed by atoms with Crippen LogP contribution in [0, 0.1) is 0 Å². The molecule has 1 atom stereocenters. The van der Waals surface area contributed by atoms with E-state index in [-0.39, 0.29) is 11.5 Å². The predicted octanol–water partition coefficient (Wildman–Crippen LogP) is 9.80. The number of unbranched alkanes of at least 4 members (excludes halogenated alkanes) is 5. The van der Waals surface area contributed by atoms with Crippen molar-refractivity contribution in [3.8, 4) is 11.5 Å². The average Bonchev–Trinajstić information content (AvgIpc) is 3.05. The van der Waals surface area contributed by atoms with Crippen LogP contribution in [0.25, 0.3) is 11.1 Å². The summed E-state index contributed by atoms with van der Waals surface area (Å²) in [7, 11) is -1.36. The zero-order valence-corrected chi connectivity index (χ0v) is 27.8. The molecule has 3 aromatic carbocycles. The minimum Gasteiger partial charge on any atom is -0.508 e. The summed E-state index contributed by atoms with van der Waals surface area (Å²) in [5.74, 6) is -3.48. The second kappa shape index (κ2) is 19.5. The zero-order chi connectivity index (χ0) is 34.1. The maximum absolute atomic E-state index is 12.9. The Morgan fingerprint density at radius 2 is 1.30 bits per heavy atom. The molecule has 0 saturated carbocycles. The van der Waals surface area contributed by atoms with E-state index in [1.165, 1.54) is 5.57 Å². The third-order valence-corrected chi connectivity index (χ3v) is 9.37. The third kappa shape index (κ3) is 13.1. The second-order valence-electron chi connectivity index (χ2n) is 11.5. The van der Waals surface area contributed by atoms with Gasteiger partial charge in [0.2, 0.25) is 0 Å². The van der Waals surface area contributed by atoms with Crippen molar-refractivity contribution in [2.45, 2.75) is 76.8 Å². The van der Waals surface area contributed by atoms with E-state index in [1.54, 1.807) is 12.1 Å². The average molecular weight is 680 g/mol. The molecule has 0 saturated heterocycles. The summed E-state index contributed by atoms with van der Waals surface area (Å²) < 4.78 is 80.2. The molecule has 0 aliphatic rings. The number of benzene rings is 3. The molecule has 2 N–H and O–H groups in total. The summed E-state index contributed by atoms with van der Waals surface area (Å²) in [5.41, 5.74) is 5.61. The molecule has 3 rings (SSSR count). The van der Waals surface area contributed by atoms with Gasteiger partial charge in [0.1, 0.15) is 18.1 Å². The van der Waals surface area contributed by atoms with Crippen LogP contribution in [0.15, 0.2) is 78.9 Å². The molecule has 0 aliphatic carbocycles. The molecule has 0 aliphatic heterocycles. The molecule has 1 unspecified atom stereocenters. The van der Waals surface area contributed by atoms with E-state index in [4.69, 9.17) is 4.74 Å². The summed E-state index contributed by atoms with van der Waals surface area (Å²) in [4.78, 5) is 0. The number of phenolic OH excluding ortho intramolecular Hbond substituents is 1. The lowest BCUT2D eigenvalue weighted by Gasteiger charge is -2.19. The van der Waals surface area contributed by atoms with Gasteiger partial charge < -0.3 is 15.2 Å². The maximum atomic E-state index is 12.9. The van der Waals surface area contributed by atoms with E-state index >= 15 is 0 Å². The summed E-state index contributed by atoms with van der Waals surface area (Å²) in [6, 6.07) is 25.7. The number of halogens is 5. The zero-order valence-electron chi connectivity index (χ0n) is 27.0. The third-order valence-electron chi connectivity index (χ3n) is 7.88. The Labute approximate surface area is 277 Å². The lowest BCUT2D eigenvalue weighted by atomic mass is 9.88. The Morgan fingerprint density at radius 1 is 0.723 bits per heavy atom. The van der Waals surface area contributed by atoms with E-state index in [2.05, 4.69) is 36.5 Å². The lowest BCUT2D eigenvalue weighted by molar-refractivity contribution is -0.284. The van der Waals surface area contributed by atoms with E-state index in [9.17, 15) is 31.3 Å². The monoisotopic (exact) mass is 679 g/mol. The molecule has 0 aromatic heterocycles. The fourth-order valence-corrected chi connectivity index (χ4v) is 6.51. The summed E-state index contributed by atoms with van der Waals surface area (Å²) >= 11 is 0. The molecule has 0 spiro atoms. The minimum absolute atomic E-state index is 0.125. The number of allylic oxidation sites excluding steroid dienone is 1. The second-order valence-corrected chi connectivity index (χ2v) is 13.2. The van der Waals surface area contributed by atoms with Gasteiger partial charge in [-0.15, -0.1) is 0 Å². The topological polar surface area (TPSA) is 58.6 Å². The molecule has 0 radical (unpaired) electrons. The highest BCUT2D eigenvalue weighted by Crippen LogP contribution is 2.39. The van der Waals surface area contributed by atoms with Gasteiger partial charge in [0.15, 0.2) is 0 Å². The maximum Gasteiger partial charge on any atom is 0.453 e. The van der Waals surface area contributed by atoms with Gasteiger partial charge >= 0.3 is 12.1 Å². The Bertz CT molecular complexity index is 1380. The van der Waals surface area contributed by atoms with Crippen LogP contribution < -0.4 is 10.1 Å². The van der Waals surface area contributed by atoms with Crippen molar-refractivity contribution < 1.29 is 36.0 Å². The number of hydrogen-bond donors (Lipinski definition) is 2. The summed E-state index contributed by atoms with van der Waals surface area (Å²) in [6.45, 7) is 4.27. The molecule has 0 amide bonds. The van der Waals surface area contributed by atoms with Crippen molar-refractivity contribution in [2.24, 2.45) is 0 Å². The number of phenols is 1. The van der Waals surface area contributed by atoms with Crippen molar-refractivity contribution in [3.05, 3.63) is 95.6 Å². The molecule has 0 fully saturated rings. The number of ether oxygens (including phenoxy) is 1. The van der Waals surface area contributed by atoms with Gasteiger partial charge in [0, 0.05) is 35.3 Å². The van der Waals surface area contributed by atoms with Crippen molar-refractivity contribution >= 4 is 21.9 Å². The number of alkyl halides is 5. The van der Waals surface area contributed by atoms with Gasteiger partial charge in [-0.1, -0.05) is 87.2 Å². The first-order valence-corrected chi connectivity index (χ1v) is 17.8. The molecule has 10 heteroatoms. The molecule has 47 heavy (non-hydrogen) atoms. The van der Waals surface area contributed by atoms with E-state index in [0.29, 0.717) is 18.8 Å². The Morgan fingerprint density at radius 3 is 1.91 bits per heavy atom. The van der Waals surface area contributed by atoms with Crippen LogP contribution in [0.3, 0.4) is 0 Å². The SMILES string of the molecule is CCC(=C(c1ccc(O)cc1)c1ccc(OCCNCCCCCCCCS(=O)CCCC(F)(F)C(F)(F)F)cc1)c1ccccc1. The summed E-state index contributed by atoms with van der Waals surface area (Å²) in [6.07, 6.45) is -0.816. The molecule has 3 aromatic rings. The summed E-state index contributed by atoms with van der Waals surface area (Å²) in [5, 5.41) is 13.2. The van der Waals surface area contributed by atoms with Gasteiger partial charge in [-0.25, -0.2) is 0 Å². The highest BCUT2D eigenvalue weighted by Gasteiger charge is 2.56. The quantitative estimate of drug-likeness (QED) is 0.0669. The fraction of sp³-hybridized carbons (Fsp3) is 0.459. The van der Waals surface area contributed by atoms with Gasteiger partial charge in [0.25, 0.3) is 0 Å². The fourth-order valence-electron chi connectivity index (χ4n) is 5.31. The smallest absolute Gasteiger partial charge is 0.453 e. The van der Waals surface area contributed by atoms with Crippen LogP contribution in [0.2, 0.25) is 0 Å². The van der Waals surface area contributed by atoms with Crippen molar-refractivity contribution in [3.63, 3.8) is 0 Å². The lowest BCUT2D eigenvalue weighted by Crippen LogP contribution is -2.36. The van der Waals surface area contributed by atoms with Crippen LogP contribution >= 0.6 is 0 Å². The van der Waals surface area contributed by atoms with Gasteiger partial charge in [-0.3, -0.25) is 4.21 Å². The number of hydrogen-bond acceptors (Lipinski definition) is 4. The Hall–Kier alpha value is -3.24. The first-order chi connectivity index (χ1) is 22.5. The first-order valence-electron chi connectivity index (χ1n) is 16.3. The standard InChI is InChI=1S/C37H46F5NO3S/c1-2-34(29-13-8-7-9-14-29)35(30-15-19-32(44)20-16-30)31-17-21-33(22-18-31)46-26-25-43-24-10-5-3-4-6-11-27-47(45)28-12-23-36(38,39)37(40,41)42/h7-9,13-22,43-44H,2-6,10-12,23-28H2,1H3. The van der Waals surface area contributed by atoms with Crippen LogP contribution in [0.5, 0.6) is 11.5 Å². The van der Waals surface area contributed by atoms with Crippen LogP contribution in [0.4, 0.5) is 22.0 Å². The van der Waals surface area contributed by atoms with Crippen molar-refractivity contribution in [1.29, 1.82) is 0 Å². The highest BCUT2D eigenvalue weighted by molar-refractivity contribution is 7.84. The molecular weight excluding hydrogens is 633 g/mol. The van der Waals surface area contributed by atoms with Gasteiger partial charge in [0.05, 0.1) is 0 Å². The molecular formula is C37H46F5NO3S. The Balaban J connectivity index is 1.31. The van der Waals surface area contributed by atoms with Crippen molar-refractivity contribution in [1.82, 2.24) is 5.32 Å². The predicted molar refractivity (Wildman–Crippen MR) is 181 cm³/mol. The Kier molecular flexibility index (Phi) is 15.9. The van der Waals surface area contributed by atoms with Crippen LogP contribution in [-0.4, -0.2) is 52.6 Å². The molecule has 0 heterocycles. The van der Waals surface area contributed by atoms with Crippen molar-refractivity contribution in [2.75, 3.05) is 31.2 Å². The van der Waals surface area contributed by atoms with Gasteiger partial charge in [-0.05, 0) is 84.3 Å². The minimum atomic E-state index is -5.55. The molecule has 0 bridgehead atoms.